The van der Waals surface area contributed by atoms with E-state index in [-0.39, 0.29) is 17.5 Å². The molecule has 0 fully saturated rings. The molecule has 2 rings (SSSR count). The summed E-state index contributed by atoms with van der Waals surface area (Å²) in [4.78, 5) is 11.5. The van der Waals surface area contributed by atoms with Crippen molar-refractivity contribution in [1.82, 2.24) is 25.6 Å². The van der Waals surface area contributed by atoms with Crippen molar-refractivity contribution >= 4 is 23.9 Å². The minimum absolute atomic E-state index is 0.148. The summed E-state index contributed by atoms with van der Waals surface area (Å²) < 4.78 is 14.1. The van der Waals surface area contributed by atoms with E-state index in [0.717, 1.165) is 0 Å². The molecule has 20 heavy (non-hydrogen) atoms. The summed E-state index contributed by atoms with van der Waals surface area (Å²) in [6, 6.07) is 5.76. The summed E-state index contributed by atoms with van der Waals surface area (Å²) in [5.74, 6) is -0.453. The molecule has 2 aromatic rings. The smallest absolute Gasteiger partial charge is 0.250 e. The van der Waals surface area contributed by atoms with Crippen LogP contribution in [0.15, 0.2) is 34.5 Å². The van der Waals surface area contributed by atoms with E-state index in [9.17, 15) is 9.18 Å². The van der Waals surface area contributed by atoms with Gasteiger partial charge in [-0.15, -0.1) is 5.10 Å². The summed E-state index contributed by atoms with van der Waals surface area (Å²) >= 11 is 1.20. The lowest BCUT2D eigenvalue weighted by molar-refractivity contribution is -0.118. The highest BCUT2D eigenvalue weighted by atomic mass is 32.2. The average Bonchev–Trinajstić information content (AvgIpc) is 2.84. The number of tetrazole rings is 1. The Bertz CT molecular complexity index is 612. The average molecular weight is 294 g/mol. The predicted molar refractivity (Wildman–Crippen MR) is 71.7 cm³/mol. The van der Waals surface area contributed by atoms with Gasteiger partial charge in [-0.25, -0.2) is 14.5 Å². The number of nitrogens with zero attached hydrogens (tertiary/aromatic N) is 5. The summed E-state index contributed by atoms with van der Waals surface area (Å²) in [6.45, 7) is 0. The molecule has 104 valence electrons. The molecular formula is C11H11FN6OS. The molecule has 1 N–H and O–H groups in total. The maximum Gasteiger partial charge on any atom is 0.250 e. The molecular weight excluding hydrogens is 283 g/mol. The second-order valence-corrected chi connectivity index (χ2v) is 4.66. The fraction of sp³-hybridized carbons (Fsp3) is 0.182. The largest absolute Gasteiger partial charge is 0.272 e. The molecule has 0 radical (unpaired) electrons. The Morgan fingerprint density at radius 3 is 2.90 bits per heavy atom. The Labute approximate surface area is 118 Å². The maximum atomic E-state index is 12.7. The molecule has 0 unspecified atom stereocenters. The molecule has 0 aliphatic heterocycles. The van der Waals surface area contributed by atoms with Crippen LogP contribution in [0.5, 0.6) is 0 Å². The van der Waals surface area contributed by atoms with E-state index in [4.69, 9.17) is 0 Å². The first-order chi connectivity index (χ1) is 9.65. The van der Waals surface area contributed by atoms with Gasteiger partial charge in [-0.3, -0.25) is 4.79 Å². The highest BCUT2D eigenvalue weighted by Crippen LogP contribution is 2.11. The minimum Gasteiger partial charge on any atom is -0.272 e. The first-order valence-corrected chi connectivity index (χ1v) is 6.56. The number of aromatic nitrogens is 4. The number of amides is 1. The highest BCUT2D eigenvalue weighted by Gasteiger charge is 2.06. The van der Waals surface area contributed by atoms with Crippen LogP contribution in [0.1, 0.15) is 5.56 Å². The third kappa shape index (κ3) is 4.12. The fourth-order valence-electron chi connectivity index (χ4n) is 1.23. The van der Waals surface area contributed by atoms with Gasteiger partial charge in [-0.1, -0.05) is 23.9 Å². The zero-order chi connectivity index (χ0) is 14.4. The van der Waals surface area contributed by atoms with Crippen molar-refractivity contribution in [2.24, 2.45) is 12.1 Å². The number of carbonyl (C=O) groups excluding carboxylic acids is 1. The van der Waals surface area contributed by atoms with E-state index in [1.54, 1.807) is 19.2 Å². The maximum absolute atomic E-state index is 12.7. The van der Waals surface area contributed by atoms with E-state index in [1.165, 1.54) is 34.8 Å². The molecule has 0 aliphatic carbocycles. The molecule has 7 nitrogen and oxygen atoms in total. The molecule has 1 aromatic carbocycles. The van der Waals surface area contributed by atoms with Crippen molar-refractivity contribution in [2.45, 2.75) is 5.16 Å². The molecule has 0 spiro atoms. The summed E-state index contributed by atoms with van der Waals surface area (Å²) in [5, 5.41) is 15.2. The van der Waals surface area contributed by atoms with Gasteiger partial charge >= 0.3 is 0 Å². The summed E-state index contributed by atoms with van der Waals surface area (Å²) in [5.41, 5.74) is 3.06. The number of hydrogen-bond acceptors (Lipinski definition) is 6. The second kappa shape index (κ2) is 6.75. The van der Waals surface area contributed by atoms with Crippen LogP contribution >= 0.6 is 11.8 Å². The van der Waals surface area contributed by atoms with Gasteiger partial charge in [0.2, 0.25) is 5.16 Å². The van der Waals surface area contributed by atoms with Crippen LogP contribution in [0.4, 0.5) is 4.39 Å². The van der Waals surface area contributed by atoms with Crippen LogP contribution in [0.3, 0.4) is 0 Å². The highest BCUT2D eigenvalue weighted by molar-refractivity contribution is 7.99. The SMILES string of the molecule is Cn1nnnc1SCC(=O)N/N=C/c1ccc(F)cc1. The Morgan fingerprint density at radius 2 is 2.25 bits per heavy atom. The van der Waals surface area contributed by atoms with Gasteiger partial charge in [-0.2, -0.15) is 5.10 Å². The van der Waals surface area contributed by atoms with Crippen LogP contribution in [0, 0.1) is 5.82 Å². The van der Waals surface area contributed by atoms with Gasteiger partial charge in [0.25, 0.3) is 5.91 Å². The van der Waals surface area contributed by atoms with E-state index in [1.807, 2.05) is 0 Å². The Hall–Kier alpha value is -2.29. The molecule has 9 heteroatoms. The molecule has 0 atom stereocenters. The van der Waals surface area contributed by atoms with Crippen molar-refractivity contribution in [1.29, 1.82) is 0 Å². The fourth-order valence-corrected chi connectivity index (χ4v) is 1.88. The number of halogens is 1. The minimum atomic E-state index is -0.320. The molecule has 0 aliphatic rings. The summed E-state index contributed by atoms with van der Waals surface area (Å²) in [6.07, 6.45) is 1.44. The van der Waals surface area contributed by atoms with E-state index >= 15 is 0 Å². The van der Waals surface area contributed by atoms with Crippen LogP contribution in [0.25, 0.3) is 0 Å². The molecule has 1 aromatic heterocycles. The van der Waals surface area contributed by atoms with E-state index in [2.05, 4.69) is 26.1 Å². The number of hydrazone groups is 1. The van der Waals surface area contributed by atoms with Gasteiger partial charge in [0.05, 0.1) is 12.0 Å². The normalized spacial score (nSPS) is 10.9. The lowest BCUT2D eigenvalue weighted by atomic mass is 10.2. The number of hydrogen-bond donors (Lipinski definition) is 1. The number of rotatable bonds is 5. The molecule has 0 saturated carbocycles. The van der Waals surface area contributed by atoms with Crippen LogP contribution < -0.4 is 5.43 Å². The van der Waals surface area contributed by atoms with Crippen molar-refractivity contribution < 1.29 is 9.18 Å². The first kappa shape index (κ1) is 14.1. The first-order valence-electron chi connectivity index (χ1n) is 5.58. The van der Waals surface area contributed by atoms with Crippen LogP contribution in [0.2, 0.25) is 0 Å². The molecule has 0 bridgehead atoms. The van der Waals surface area contributed by atoms with Gasteiger partial charge in [0.15, 0.2) is 0 Å². The Kier molecular flexibility index (Phi) is 4.77. The van der Waals surface area contributed by atoms with Crippen LogP contribution in [-0.2, 0) is 11.8 Å². The summed E-state index contributed by atoms with van der Waals surface area (Å²) in [7, 11) is 1.69. The quantitative estimate of drug-likeness (QED) is 0.495. The molecule has 0 saturated heterocycles. The third-order valence-electron chi connectivity index (χ3n) is 2.19. The molecule has 1 amide bonds. The van der Waals surface area contributed by atoms with Crippen LogP contribution in [-0.4, -0.2) is 38.1 Å². The number of thioether (sulfide) groups is 1. The standard InChI is InChI=1S/C11H11FN6OS/c1-18-11(15-16-17-18)20-7-10(19)14-13-6-8-2-4-9(12)5-3-8/h2-6H,7H2,1H3,(H,14,19)/b13-6+. The topological polar surface area (TPSA) is 85.1 Å². The number of carbonyl (C=O) groups is 1. The van der Waals surface area contributed by atoms with E-state index in [0.29, 0.717) is 10.7 Å². The monoisotopic (exact) mass is 294 g/mol. The lowest BCUT2D eigenvalue weighted by Gasteiger charge is -1.98. The van der Waals surface area contributed by atoms with E-state index < -0.39 is 0 Å². The zero-order valence-electron chi connectivity index (χ0n) is 10.5. The van der Waals surface area contributed by atoms with Crippen molar-refractivity contribution in [2.75, 3.05) is 5.75 Å². The molecule has 1 heterocycles. The lowest BCUT2D eigenvalue weighted by Crippen LogP contribution is -2.19. The second-order valence-electron chi connectivity index (χ2n) is 3.72. The van der Waals surface area contributed by atoms with Gasteiger partial charge in [-0.05, 0) is 28.1 Å². The van der Waals surface area contributed by atoms with Gasteiger partial charge < -0.3 is 0 Å². The Balaban J connectivity index is 1.77. The van der Waals surface area contributed by atoms with Crippen molar-refractivity contribution in [3.8, 4) is 0 Å². The third-order valence-corrected chi connectivity index (χ3v) is 3.20. The van der Waals surface area contributed by atoms with Gasteiger partial charge in [0.1, 0.15) is 5.82 Å². The number of nitrogens with one attached hydrogen (secondary N) is 1. The Morgan fingerprint density at radius 1 is 1.50 bits per heavy atom. The van der Waals surface area contributed by atoms with Crippen molar-refractivity contribution in [3.05, 3.63) is 35.6 Å². The predicted octanol–water partition coefficient (Wildman–Crippen LogP) is 0.592. The number of aryl methyl sites for hydroxylation is 1. The van der Waals surface area contributed by atoms with Crippen molar-refractivity contribution in [3.63, 3.8) is 0 Å². The number of benzene rings is 1. The van der Waals surface area contributed by atoms with Gasteiger partial charge in [0, 0.05) is 7.05 Å². The zero-order valence-corrected chi connectivity index (χ0v) is 11.3.